The molecule has 0 amide bonds. The van der Waals surface area contributed by atoms with Crippen LogP contribution in [0.5, 0.6) is 0 Å². The van der Waals surface area contributed by atoms with Crippen LogP contribution < -0.4 is 24.8 Å². The molecule has 0 saturated heterocycles. The van der Waals surface area contributed by atoms with Crippen LogP contribution in [-0.4, -0.2) is 9.78 Å². The van der Waals surface area contributed by atoms with Gasteiger partial charge < -0.3 is 24.8 Å². The van der Waals surface area contributed by atoms with Crippen LogP contribution in [0.2, 0.25) is 0 Å². The standard InChI is InChI=1S/C12H9N2.C7H9.2ClH.Hf/c1-2-5-11-9-12(8-10(11)4-1)14-7-3-6-13-14;1-6-4-3-5-7(6)2;;;/h1-9H;3-5H,1-2H3;2*1H;/q2*-1;;;+4/p-2. The maximum absolute atomic E-state index is 4.20. The van der Waals surface area contributed by atoms with E-state index in [1.54, 1.807) is 6.20 Å². The van der Waals surface area contributed by atoms with Gasteiger partial charge in [-0.1, -0.05) is 19.9 Å². The molecule has 1 heterocycles. The molecule has 0 saturated carbocycles. The fourth-order valence-electron chi connectivity index (χ4n) is 2.29. The number of hydrogen-bond donors (Lipinski definition) is 0. The Balaban J connectivity index is 0.000000463. The number of nitrogens with zero attached hydrogens (tertiary/aromatic N) is 2. The Kier molecular flexibility index (Phi) is 10.1. The molecule has 4 rings (SSSR count). The topological polar surface area (TPSA) is 17.8 Å². The predicted octanol–water partition coefficient (Wildman–Crippen LogP) is -1.23. The Morgan fingerprint density at radius 2 is 1.79 bits per heavy atom. The van der Waals surface area contributed by atoms with Crippen molar-refractivity contribution in [3.8, 4) is 5.69 Å². The van der Waals surface area contributed by atoms with Gasteiger partial charge in [-0.3, -0.25) is 4.68 Å². The molecule has 0 bridgehead atoms. The van der Waals surface area contributed by atoms with E-state index >= 15 is 0 Å². The average Bonchev–Trinajstić information content (AvgIpc) is 3.21. The van der Waals surface area contributed by atoms with Crippen LogP contribution in [-0.2, 0) is 25.8 Å². The fraction of sp³-hybridized carbons (Fsp3) is 0.105. The van der Waals surface area contributed by atoms with Gasteiger partial charge in [-0.05, 0) is 11.8 Å². The number of benzene rings is 1. The van der Waals surface area contributed by atoms with E-state index in [-0.39, 0.29) is 50.7 Å². The van der Waals surface area contributed by atoms with Crippen LogP contribution in [0, 0.1) is 13.8 Å². The van der Waals surface area contributed by atoms with Crippen molar-refractivity contribution in [2.45, 2.75) is 13.8 Å². The smallest absolute Gasteiger partial charge is 1.00 e. The molecule has 0 unspecified atom stereocenters. The summed E-state index contributed by atoms with van der Waals surface area (Å²) in [7, 11) is 0. The second-order valence-corrected chi connectivity index (χ2v) is 5.18. The van der Waals surface area contributed by atoms with Crippen molar-refractivity contribution in [1.82, 2.24) is 9.78 Å². The average molecular weight is 524 g/mol. The second kappa shape index (κ2) is 10.7. The van der Waals surface area contributed by atoms with Gasteiger partial charge in [0, 0.05) is 12.4 Å². The van der Waals surface area contributed by atoms with E-state index < -0.39 is 0 Å². The van der Waals surface area contributed by atoms with Crippen LogP contribution >= 0.6 is 0 Å². The van der Waals surface area contributed by atoms with Gasteiger partial charge in [0.25, 0.3) is 0 Å². The van der Waals surface area contributed by atoms with Crippen LogP contribution in [0.15, 0.2) is 73.1 Å². The molecular formula is C19H18Cl2HfN2. The van der Waals surface area contributed by atoms with Gasteiger partial charge in [0.15, 0.2) is 0 Å². The molecule has 2 nitrogen and oxygen atoms in total. The largest absolute Gasteiger partial charge is 4.00 e. The Morgan fingerprint density at radius 1 is 1.04 bits per heavy atom. The Labute approximate surface area is 174 Å². The first kappa shape index (κ1) is 22.8. The van der Waals surface area contributed by atoms with E-state index in [2.05, 4.69) is 73.5 Å². The number of fused-ring (bicyclic) bond motifs is 1. The van der Waals surface area contributed by atoms with Crippen molar-refractivity contribution >= 4 is 10.8 Å². The number of hydrogen-bond acceptors (Lipinski definition) is 1. The minimum absolute atomic E-state index is 0. The Hall–Kier alpha value is -1.16. The molecule has 0 spiro atoms. The van der Waals surface area contributed by atoms with Gasteiger partial charge in [0.05, 0.1) is 0 Å². The van der Waals surface area contributed by atoms with Crippen molar-refractivity contribution < 1.29 is 50.7 Å². The summed E-state index contributed by atoms with van der Waals surface area (Å²) in [6, 6.07) is 20.9. The first-order valence-electron chi connectivity index (χ1n) is 7.08. The number of aryl methyl sites for hydroxylation is 2. The van der Waals surface area contributed by atoms with Gasteiger partial charge >= 0.3 is 25.8 Å². The van der Waals surface area contributed by atoms with E-state index in [1.807, 2.05) is 16.9 Å². The van der Waals surface area contributed by atoms with Gasteiger partial charge in [0.1, 0.15) is 0 Å². The van der Waals surface area contributed by atoms with Crippen molar-refractivity contribution in [1.29, 1.82) is 0 Å². The van der Waals surface area contributed by atoms with Crippen LogP contribution in [0.25, 0.3) is 16.5 Å². The quantitative estimate of drug-likeness (QED) is 0.226. The Morgan fingerprint density at radius 3 is 2.29 bits per heavy atom. The summed E-state index contributed by atoms with van der Waals surface area (Å²) < 4.78 is 1.88. The summed E-state index contributed by atoms with van der Waals surface area (Å²) >= 11 is 0. The Bertz CT molecular complexity index is 782. The second-order valence-electron chi connectivity index (χ2n) is 5.18. The molecule has 0 aliphatic rings. The number of rotatable bonds is 1. The van der Waals surface area contributed by atoms with Crippen molar-refractivity contribution in [3.05, 3.63) is 84.2 Å². The van der Waals surface area contributed by atoms with E-state index in [4.69, 9.17) is 0 Å². The maximum Gasteiger partial charge on any atom is 4.00 e. The van der Waals surface area contributed by atoms with Gasteiger partial charge in [-0.15, -0.1) is 41.1 Å². The van der Waals surface area contributed by atoms with Gasteiger partial charge in [0.2, 0.25) is 0 Å². The third-order valence-electron chi connectivity index (χ3n) is 3.69. The monoisotopic (exact) mass is 524 g/mol. The molecule has 24 heavy (non-hydrogen) atoms. The van der Waals surface area contributed by atoms with E-state index in [0.29, 0.717) is 0 Å². The molecule has 1 aromatic heterocycles. The van der Waals surface area contributed by atoms with Gasteiger partial charge in [-0.2, -0.15) is 22.3 Å². The zero-order valence-electron chi connectivity index (χ0n) is 13.6. The molecular weight excluding hydrogens is 506 g/mol. The van der Waals surface area contributed by atoms with Crippen molar-refractivity contribution in [2.24, 2.45) is 0 Å². The van der Waals surface area contributed by atoms with E-state index in [9.17, 15) is 0 Å². The molecule has 0 aliphatic carbocycles. The first-order valence-corrected chi connectivity index (χ1v) is 7.08. The van der Waals surface area contributed by atoms with Crippen molar-refractivity contribution in [3.63, 3.8) is 0 Å². The molecule has 122 valence electrons. The third kappa shape index (κ3) is 5.44. The van der Waals surface area contributed by atoms with Gasteiger partial charge in [-0.25, -0.2) is 12.1 Å². The summed E-state index contributed by atoms with van der Waals surface area (Å²) in [6.45, 7) is 4.24. The SMILES string of the molecule is Cc1ccc[c-]1C.[Cl-].[Cl-].[Hf+4].c1ccc2[cH-]c(-n3cccn3)cc2c1. The molecule has 5 heteroatoms. The normalized spacial score (nSPS) is 9.08. The summed E-state index contributed by atoms with van der Waals surface area (Å²) in [5.41, 5.74) is 3.90. The van der Waals surface area contributed by atoms with Crippen molar-refractivity contribution in [2.75, 3.05) is 0 Å². The molecule has 3 aromatic carbocycles. The summed E-state index contributed by atoms with van der Waals surface area (Å²) in [4.78, 5) is 0. The molecule has 0 radical (unpaired) electrons. The zero-order valence-corrected chi connectivity index (χ0v) is 18.7. The summed E-state index contributed by atoms with van der Waals surface area (Å²) in [5.74, 6) is 0. The number of halogens is 2. The van der Waals surface area contributed by atoms with Crippen LogP contribution in [0.1, 0.15) is 11.1 Å². The predicted molar refractivity (Wildman–Crippen MR) is 88.2 cm³/mol. The maximum atomic E-state index is 4.20. The van der Waals surface area contributed by atoms with E-state index in [1.165, 1.54) is 21.9 Å². The minimum atomic E-state index is 0. The third-order valence-corrected chi connectivity index (χ3v) is 3.69. The van der Waals surface area contributed by atoms with E-state index in [0.717, 1.165) is 5.69 Å². The molecule has 0 fully saturated rings. The summed E-state index contributed by atoms with van der Waals surface area (Å²) in [6.07, 6.45) is 3.74. The molecule has 0 aliphatic heterocycles. The molecule has 0 atom stereocenters. The van der Waals surface area contributed by atoms with Crippen LogP contribution in [0.3, 0.4) is 0 Å². The minimum Gasteiger partial charge on any atom is -1.00 e. The van der Waals surface area contributed by atoms with Crippen LogP contribution in [0.4, 0.5) is 0 Å². The summed E-state index contributed by atoms with van der Waals surface area (Å²) in [5, 5.41) is 6.72. The fourth-order valence-corrected chi connectivity index (χ4v) is 2.29. The molecule has 4 aromatic rings. The first-order chi connectivity index (χ1) is 10.2. The number of aromatic nitrogens is 2. The molecule has 0 N–H and O–H groups in total. The zero-order chi connectivity index (χ0) is 14.7.